The molecule has 0 spiro atoms. The van der Waals surface area contributed by atoms with E-state index in [1.807, 2.05) is 12.1 Å². The summed E-state index contributed by atoms with van der Waals surface area (Å²) in [5.41, 5.74) is 11.4. The van der Waals surface area contributed by atoms with Gasteiger partial charge in [-0.15, -0.1) is 0 Å². The summed E-state index contributed by atoms with van der Waals surface area (Å²) in [5, 5.41) is 9.06. The summed E-state index contributed by atoms with van der Waals surface area (Å²) in [6, 6.07) is 10.3. The van der Waals surface area contributed by atoms with Gasteiger partial charge in [0, 0.05) is 55.0 Å². The van der Waals surface area contributed by atoms with Crippen LogP contribution in [0.3, 0.4) is 0 Å². The van der Waals surface area contributed by atoms with E-state index in [-0.39, 0.29) is 0 Å². The average Bonchev–Trinajstić information content (AvgIpc) is 3.42. The zero-order chi connectivity index (χ0) is 18.4. The number of hydrogen-bond donors (Lipinski definition) is 3. The molecule has 0 bridgehead atoms. The first kappa shape index (κ1) is 16.3. The first-order valence-corrected chi connectivity index (χ1v) is 9.17. The number of nitrogens with two attached hydrogens (primary N) is 1. The number of likely N-dealkylation sites (tertiary alicyclic amines) is 1. The number of benzene rings is 1. The van der Waals surface area contributed by atoms with Crippen molar-refractivity contribution in [1.29, 1.82) is 0 Å². The highest BCUT2D eigenvalue weighted by Gasteiger charge is 2.22. The van der Waals surface area contributed by atoms with Crippen molar-refractivity contribution in [2.24, 2.45) is 0 Å². The monoisotopic (exact) mass is 362 g/mol. The van der Waals surface area contributed by atoms with Crippen LogP contribution >= 0.6 is 0 Å². The number of aromatic amines is 2. The maximum Gasteiger partial charge on any atom is 0.133 e. The molecule has 0 radical (unpaired) electrons. The van der Waals surface area contributed by atoms with Crippen molar-refractivity contribution >= 4 is 27.6 Å². The molecule has 0 unspecified atom stereocenters. The minimum absolute atomic E-state index is 0.336. The molecule has 7 heteroatoms. The Kier molecular flexibility index (Phi) is 3.84. The number of nitrogens with one attached hydrogen (secondary N) is 2. The third-order valence-corrected chi connectivity index (χ3v) is 5.43. The van der Waals surface area contributed by atoms with Crippen LogP contribution in [0.25, 0.3) is 33.1 Å². The van der Waals surface area contributed by atoms with Crippen molar-refractivity contribution < 1.29 is 4.74 Å². The fourth-order valence-electron chi connectivity index (χ4n) is 3.99. The molecule has 1 atom stereocenters. The Hall–Kier alpha value is -2.90. The standard InChI is InChI=1S/C20H22N6O/c1-27-14-5-7-26(11-14)10-13-9-16-19(23-13)15-3-2-12(17-4-6-22-25-17)8-18(15)24-20(16)21/h2-4,6,8-9,14,23H,5,7,10-11H2,1H3,(H2,21,24)(H,22,25)/t14-/m0/s1. The van der Waals surface area contributed by atoms with Crippen LogP contribution in [0.15, 0.2) is 36.5 Å². The number of ether oxygens (including phenoxy) is 1. The van der Waals surface area contributed by atoms with E-state index in [9.17, 15) is 0 Å². The van der Waals surface area contributed by atoms with Crippen LogP contribution in [0.2, 0.25) is 0 Å². The lowest BCUT2D eigenvalue weighted by Crippen LogP contribution is -2.22. The van der Waals surface area contributed by atoms with Crippen molar-refractivity contribution in [3.8, 4) is 11.3 Å². The lowest BCUT2D eigenvalue weighted by atomic mass is 10.1. The van der Waals surface area contributed by atoms with E-state index in [2.05, 4.69) is 43.3 Å². The predicted molar refractivity (Wildman–Crippen MR) is 106 cm³/mol. The molecule has 5 rings (SSSR count). The normalized spacial score (nSPS) is 18.0. The van der Waals surface area contributed by atoms with Crippen molar-refractivity contribution in [3.63, 3.8) is 0 Å². The quantitative estimate of drug-likeness (QED) is 0.519. The molecular formula is C20H22N6O. The molecule has 138 valence electrons. The van der Waals surface area contributed by atoms with E-state index in [1.54, 1.807) is 13.3 Å². The molecule has 1 aliphatic heterocycles. The van der Waals surface area contributed by atoms with Crippen LogP contribution in [0.5, 0.6) is 0 Å². The molecule has 1 aromatic carbocycles. The Morgan fingerprint density at radius 1 is 1.26 bits per heavy atom. The highest BCUT2D eigenvalue weighted by molar-refractivity contribution is 6.08. The summed E-state index contributed by atoms with van der Waals surface area (Å²) < 4.78 is 5.47. The van der Waals surface area contributed by atoms with E-state index < -0.39 is 0 Å². The zero-order valence-corrected chi connectivity index (χ0v) is 15.2. The lowest BCUT2D eigenvalue weighted by molar-refractivity contribution is 0.107. The highest BCUT2D eigenvalue weighted by Crippen LogP contribution is 2.31. The molecule has 4 heterocycles. The van der Waals surface area contributed by atoms with E-state index in [4.69, 9.17) is 10.5 Å². The van der Waals surface area contributed by atoms with Gasteiger partial charge in [0.1, 0.15) is 5.82 Å². The minimum atomic E-state index is 0.336. The number of methoxy groups -OCH3 is 1. The Morgan fingerprint density at radius 2 is 2.19 bits per heavy atom. The Labute approximate surface area is 156 Å². The largest absolute Gasteiger partial charge is 0.383 e. The Balaban J connectivity index is 1.53. The molecule has 1 saturated heterocycles. The number of anilines is 1. The van der Waals surface area contributed by atoms with Gasteiger partial charge in [0.2, 0.25) is 0 Å². The molecule has 1 aliphatic rings. The third-order valence-electron chi connectivity index (χ3n) is 5.43. The first-order chi connectivity index (χ1) is 13.2. The second-order valence-electron chi connectivity index (χ2n) is 7.16. The SMILES string of the molecule is CO[C@H]1CCN(Cc2cc3c(N)nc4cc(-c5ccn[nH]5)ccc4c3[nH]2)C1. The molecule has 4 aromatic rings. The summed E-state index contributed by atoms with van der Waals surface area (Å²) in [6.07, 6.45) is 3.16. The number of rotatable bonds is 4. The molecule has 0 aliphatic carbocycles. The van der Waals surface area contributed by atoms with Crippen LogP contribution < -0.4 is 5.73 Å². The van der Waals surface area contributed by atoms with Crippen LogP contribution in [0.4, 0.5) is 5.82 Å². The van der Waals surface area contributed by atoms with E-state index in [0.717, 1.165) is 64.8 Å². The van der Waals surface area contributed by atoms with Gasteiger partial charge in [-0.05, 0) is 24.6 Å². The summed E-state index contributed by atoms with van der Waals surface area (Å²) >= 11 is 0. The van der Waals surface area contributed by atoms with Gasteiger partial charge >= 0.3 is 0 Å². The van der Waals surface area contributed by atoms with Crippen LogP contribution in [-0.4, -0.2) is 51.4 Å². The van der Waals surface area contributed by atoms with Crippen LogP contribution in [0, 0.1) is 0 Å². The smallest absolute Gasteiger partial charge is 0.133 e. The molecule has 1 fully saturated rings. The number of nitrogens with zero attached hydrogens (tertiary/aromatic N) is 3. The highest BCUT2D eigenvalue weighted by atomic mass is 16.5. The number of pyridine rings is 1. The van der Waals surface area contributed by atoms with Crippen molar-refractivity contribution in [2.75, 3.05) is 25.9 Å². The lowest BCUT2D eigenvalue weighted by Gasteiger charge is -2.14. The number of fused-ring (bicyclic) bond motifs is 3. The number of hydrogen-bond acceptors (Lipinski definition) is 5. The van der Waals surface area contributed by atoms with Gasteiger partial charge < -0.3 is 15.5 Å². The van der Waals surface area contributed by atoms with Gasteiger partial charge in [-0.3, -0.25) is 10.00 Å². The number of aromatic nitrogens is 4. The number of H-pyrrole nitrogens is 2. The van der Waals surface area contributed by atoms with Gasteiger partial charge in [0.15, 0.2) is 0 Å². The Bertz CT molecular complexity index is 1100. The molecule has 7 nitrogen and oxygen atoms in total. The van der Waals surface area contributed by atoms with Gasteiger partial charge in [0.05, 0.1) is 22.8 Å². The van der Waals surface area contributed by atoms with Crippen LogP contribution in [-0.2, 0) is 11.3 Å². The van der Waals surface area contributed by atoms with Gasteiger partial charge in [-0.25, -0.2) is 4.98 Å². The second kappa shape index (κ2) is 6.37. The van der Waals surface area contributed by atoms with Gasteiger partial charge in [0.25, 0.3) is 0 Å². The molecular weight excluding hydrogens is 340 g/mol. The summed E-state index contributed by atoms with van der Waals surface area (Å²) in [5.74, 6) is 0.554. The minimum Gasteiger partial charge on any atom is -0.383 e. The van der Waals surface area contributed by atoms with Crippen molar-refractivity contribution in [1.82, 2.24) is 25.1 Å². The zero-order valence-electron chi connectivity index (χ0n) is 15.2. The molecule has 27 heavy (non-hydrogen) atoms. The predicted octanol–water partition coefficient (Wildman–Crippen LogP) is 2.91. The maximum atomic E-state index is 6.27. The fourth-order valence-corrected chi connectivity index (χ4v) is 3.99. The topological polar surface area (TPSA) is 95.8 Å². The van der Waals surface area contributed by atoms with Gasteiger partial charge in [-0.1, -0.05) is 12.1 Å². The molecule has 0 amide bonds. The van der Waals surface area contributed by atoms with Crippen LogP contribution in [0.1, 0.15) is 12.1 Å². The van der Waals surface area contributed by atoms with Crippen molar-refractivity contribution in [3.05, 3.63) is 42.2 Å². The summed E-state index contributed by atoms with van der Waals surface area (Å²) in [7, 11) is 1.78. The first-order valence-electron chi connectivity index (χ1n) is 9.17. The fraction of sp³-hybridized carbons (Fsp3) is 0.300. The average molecular weight is 362 g/mol. The van der Waals surface area contributed by atoms with E-state index in [1.165, 1.54) is 0 Å². The van der Waals surface area contributed by atoms with Crippen molar-refractivity contribution in [2.45, 2.75) is 19.1 Å². The third kappa shape index (κ3) is 2.85. The Morgan fingerprint density at radius 3 is 2.96 bits per heavy atom. The molecule has 3 aromatic heterocycles. The van der Waals surface area contributed by atoms with E-state index >= 15 is 0 Å². The van der Waals surface area contributed by atoms with E-state index in [0.29, 0.717) is 11.9 Å². The molecule has 0 saturated carbocycles. The maximum absolute atomic E-state index is 6.27. The molecule has 4 N–H and O–H groups in total. The second-order valence-corrected chi connectivity index (χ2v) is 7.16. The van der Waals surface area contributed by atoms with Gasteiger partial charge in [-0.2, -0.15) is 5.10 Å². The summed E-state index contributed by atoms with van der Waals surface area (Å²) in [6.45, 7) is 2.88. The summed E-state index contributed by atoms with van der Waals surface area (Å²) in [4.78, 5) is 10.6. The number of nitrogen functional groups attached to an aromatic ring is 1.